The summed E-state index contributed by atoms with van der Waals surface area (Å²) >= 11 is 0. The highest BCUT2D eigenvalue weighted by Gasteiger charge is 2.38. The summed E-state index contributed by atoms with van der Waals surface area (Å²) < 4.78 is 23.6. The Morgan fingerprint density at radius 2 is 1.68 bits per heavy atom. The van der Waals surface area contributed by atoms with Crippen LogP contribution in [0.5, 0.6) is 5.75 Å². The summed E-state index contributed by atoms with van der Waals surface area (Å²) in [5.74, 6) is -0.569. The molecule has 0 aromatic heterocycles. The molecule has 0 saturated heterocycles. The summed E-state index contributed by atoms with van der Waals surface area (Å²) in [6.07, 6.45) is 0. The van der Waals surface area contributed by atoms with Crippen molar-refractivity contribution in [1.82, 2.24) is 4.90 Å². The maximum absolute atomic E-state index is 13.2. The Hall–Kier alpha value is -3.19. The average molecular weight is 384 g/mol. The van der Waals surface area contributed by atoms with Crippen molar-refractivity contribution in [3.8, 4) is 5.75 Å². The lowest BCUT2D eigenvalue weighted by Gasteiger charge is -2.14. The number of benzene rings is 2. The lowest BCUT2D eigenvalue weighted by molar-refractivity contribution is -0.137. The van der Waals surface area contributed by atoms with Gasteiger partial charge in [-0.25, -0.2) is 4.39 Å². The monoisotopic (exact) mass is 384 g/mol. The Labute approximate surface area is 162 Å². The average Bonchev–Trinajstić information content (AvgIpc) is 2.92. The van der Waals surface area contributed by atoms with E-state index in [4.69, 9.17) is 9.47 Å². The molecule has 2 aromatic rings. The van der Waals surface area contributed by atoms with Gasteiger partial charge in [0.05, 0.1) is 25.3 Å². The molecule has 28 heavy (non-hydrogen) atoms. The minimum absolute atomic E-state index is 0.142. The van der Waals surface area contributed by atoms with Crippen molar-refractivity contribution in [1.29, 1.82) is 0 Å². The third-order valence-corrected chi connectivity index (χ3v) is 4.25. The molecule has 146 valence electrons. The summed E-state index contributed by atoms with van der Waals surface area (Å²) in [5, 5.41) is 2.97. The highest BCUT2D eigenvalue weighted by atomic mass is 19.1. The molecule has 6 nitrogen and oxygen atoms in total. The van der Waals surface area contributed by atoms with E-state index in [9.17, 15) is 14.0 Å². The molecule has 7 heteroatoms. The molecule has 1 aliphatic rings. The van der Waals surface area contributed by atoms with Gasteiger partial charge in [0.1, 0.15) is 17.3 Å². The second-order valence-electron chi connectivity index (χ2n) is 6.09. The molecule has 0 aliphatic carbocycles. The number of imide groups is 1. The van der Waals surface area contributed by atoms with Gasteiger partial charge in [-0.15, -0.1) is 0 Å². The van der Waals surface area contributed by atoms with Gasteiger partial charge in [0.25, 0.3) is 11.8 Å². The number of methoxy groups -OCH3 is 1. The number of hydrogen-bond acceptors (Lipinski definition) is 5. The van der Waals surface area contributed by atoms with Crippen LogP contribution in [0.4, 0.5) is 10.1 Å². The molecule has 0 fully saturated rings. The van der Waals surface area contributed by atoms with Crippen LogP contribution in [0, 0.1) is 5.82 Å². The first-order chi connectivity index (χ1) is 13.5. The van der Waals surface area contributed by atoms with Crippen molar-refractivity contribution >= 4 is 23.1 Å². The van der Waals surface area contributed by atoms with Gasteiger partial charge in [-0.2, -0.15) is 0 Å². The largest absolute Gasteiger partial charge is 0.494 e. The normalized spacial score (nSPS) is 14.0. The number of rotatable bonds is 8. The molecular formula is C21H21FN2O4. The predicted octanol–water partition coefficient (Wildman–Crippen LogP) is 3.06. The maximum Gasteiger partial charge on any atom is 0.278 e. The van der Waals surface area contributed by atoms with Crippen LogP contribution in [0.2, 0.25) is 0 Å². The number of anilines is 1. The second kappa shape index (κ2) is 8.67. The number of amides is 2. The van der Waals surface area contributed by atoms with Crippen LogP contribution in [-0.4, -0.2) is 43.6 Å². The SMILES string of the molecule is CCOc1ccc(C2=C(Nc3ccc(F)cc3)C(=O)N(CCOC)C2=O)cc1. The van der Waals surface area contributed by atoms with E-state index in [1.54, 1.807) is 24.3 Å². The molecule has 3 rings (SSSR count). The third-order valence-electron chi connectivity index (χ3n) is 4.25. The van der Waals surface area contributed by atoms with Gasteiger partial charge in [-0.3, -0.25) is 14.5 Å². The Morgan fingerprint density at radius 3 is 2.29 bits per heavy atom. The van der Waals surface area contributed by atoms with Crippen LogP contribution >= 0.6 is 0 Å². The molecule has 0 bridgehead atoms. The van der Waals surface area contributed by atoms with Crippen molar-refractivity contribution in [2.24, 2.45) is 0 Å². The molecule has 0 radical (unpaired) electrons. The molecular weight excluding hydrogens is 363 g/mol. The molecule has 1 N–H and O–H groups in total. The van der Waals surface area contributed by atoms with E-state index >= 15 is 0 Å². The Morgan fingerprint density at radius 1 is 1.00 bits per heavy atom. The van der Waals surface area contributed by atoms with Crippen LogP contribution in [0.1, 0.15) is 12.5 Å². The number of carbonyl (C=O) groups is 2. The van der Waals surface area contributed by atoms with Crippen molar-refractivity contribution in [2.45, 2.75) is 6.92 Å². The first kappa shape index (κ1) is 19.6. The second-order valence-corrected chi connectivity index (χ2v) is 6.09. The Balaban J connectivity index is 1.99. The topological polar surface area (TPSA) is 67.9 Å². The van der Waals surface area contributed by atoms with Gasteiger partial charge in [0.15, 0.2) is 0 Å². The van der Waals surface area contributed by atoms with Crippen LogP contribution in [0.15, 0.2) is 54.2 Å². The molecule has 0 spiro atoms. The highest BCUT2D eigenvalue weighted by molar-refractivity contribution is 6.36. The van der Waals surface area contributed by atoms with Gasteiger partial charge in [0, 0.05) is 12.8 Å². The molecule has 2 aromatic carbocycles. The van der Waals surface area contributed by atoms with E-state index in [0.29, 0.717) is 23.6 Å². The molecule has 2 amide bonds. The minimum atomic E-state index is -0.449. The smallest absolute Gasteiger partial charge is 0.278 e. The van der Waals surface area contributed by atoms with Crippen molar-refractivity contribution in [3.63, 3.8) is 0 Å². The van der Waals surface area contributed by atoms with Gasteiger partial charge in [0.2, 0.25) is 0 Å². The molecule has 1 aliphatic heterocycles. The van der Waals surface area contributed by atoms with E-state index < -0.39 is 11.8 Å². The number of carbonyl (C=O) groups excluding carboxylic acids is 2. The standard InChI is InChI=1S/C21H21FN2O4/c1-3-28-17-10-4-14(5-11-17)18-19(23-16-8-6-15(22)7-9-16)21(26)24(20(18)25)12-13-27-2/h4-11,23H,3,12-13H2,1-2H3. The van der Waals surface area contributed by atoms with Crippen molar-refractivity contribution < 1.29 is 23.5 Å². The molecule has 0 saturated carbocycles. The van der Waals surface area contributed by atoms with Crippen LogP contribution < -0.4 is 10.1 Å². The fourth-order valence-electron chi connectivity index (χ4n) is 2.91. The number of hydrogen-bond donors (Lipinski definition) is 1. The molecule has 1 heterocycles. The number of ether oxygens (including phenoxy) is 2. The quantitative estimate of drug-likeness (QED) is 0.709. The van der Waals surface area contributed by atoms with E-state index in [1.165, 1.54) is 31.4 Å². The zero-order valence-corrected chi connectivity index (χ0v) is 15.7. The van der Waals surface area contributed by atoms with Crippen LogP contribution in [-0.2, 0) is 14.3 Å². The van der Waals surface area contributed by atoms with E-state index in [-0.39, 0.29) is 30.2 Å². The highest BCUT2D eigenvalue weighted by Crippen LogP contribution is 2.31. The summed E-state index contributed by atoms with van der Waals surface area (Å²) in [5.41, 5.74) is 1.51. The zero-order chi connectivity index (χ0) is 20.1. The van der Waals surface area contributed by atoms with E-state index in [0.717, 1.165) is 4.90 Å². The number of nitrogens with one attached hydrogen (secondary N) is 1. The van der Waals surface area contributed by atoms with E-state index in [1.807, 2.05) is 6.92 Å². The Kier molecular flexibility index (Phi) is 6.06. The first-order valence-corrected chi connectivity index (χ1v) is 8.90. The fraction of sp³-hybridized carbons (Fsp3) is 0.238. The van der Waals surface area contributed by atoms with Gasteiger partial charge in [-0.1, -0.05) is 12.1 Å². The molecule has 0 unspecified atom stereocenters. The summed E-state index contributed by atoms with van der Waals surface area (Å²) in [6.45, 7) is 2.79. The van der Waals surface area contributed by atoms with Crippen molar-refractivity contribution in [3.05, 3.63) is 65.6 Å². The maximum atomic E-state index is 13.2. The number of nitrogens with zero attached hydrogens (tertiary/aromatic N) is 1. The fourth-order valence-corrected chi connectivity index (χ4v) is 2.91. The lowest BCUT2D eigenvalue weighted by Crippen LogP contribution is -2.35. The van der Waals surface area contributed by atoms with Gasteiger partial charge < -0.3 is 14.8 Å². The minimum Gasteiger partial charge on any atom is -0.494 e. The van der Waals surface area contributed by atoms with E-state index in [2.05, 4.69) is 5.32 Å². The zero-order valence-electron chi connectivity index (χ0n) is 15.7. The van der Waals surface area contributed by atoms with Crippen LogP contribution in [0.3, 0.4) is 0 Å². The van der Waals surface area contributed by atoms with Crippen LogP contribution in [0.25, 0.3) is 5.57 Å². The third kappa shape index (κ3) is 4.04. The first-order valence-electron chi connectivity index (χ1n) is 8.90. The van der Waals surface area contributed by atoms with Crippen molar-refractivity contribution in [2.75, 3.05) is 32.2 Å². The summed E-state index contributed by atoms with van der Waals surface area (Å²) in [4.78, 5) is 27.0. The summed E-state index contributed by atoms with van der Waals surface area (Å²) in [7, 11) is 1.50. The van der Waals surface area contributed by atoms with Gasteiger partial charge >= 0.3 is 0 Å². The number of halogens is 1. The lowest BCUT2D eigenvalue weighted by atomic mass is 10.0. The predicted molar refractivity (Wildman–Crippen MR) is 103 cm³/mol. The Bertz CT molecular complexity index is 892. The van der Waals surface area contributed by atoms with Gasteiger partial charge in [-0.05, 0) is 48.9 Å². The molecule has 0 atom stereocenters. The summed E-state index contributed by atoms with van der Waals surface area (Å²) in [6, 6.07) is 12.5.